The second-order valence-corrected chi connectivity index (χ2v) is 7.04. The Hall–Kier alpha value is 0. The van der Waals surface area contributed by atoms with Gasteiger partial charge in [-0.25, -0.2) is 0 Å². The fourth-order valence-electron chi connectivity index (χ4n) is 4.10. The predicted octanol–water partition coefficient (Wildman–Crippen LogP) is 5.03. The van der Waals surface area contributed by atoms with Gasteiger partial charge in [0.1, 0.15) is 0 Å². The minimum absolute atomic E-state index is 0.543. The van der Waals surface area contributed by atoms with E-state index in [9.17, 15) is 0 Å². The van der Waals surface area contributed by atoms with Crippen LogP contribution in [0.2, 0.25) is 0 Å². The van der Waals surface area contributed by atoms with Gasteiger partial charge in [-0.1, -0.05) is 59.3 Å². The van der Waals surface area contributed by atoms with Crippen LogP contribution < -0.4 is 0 Å². The van der Waals surface area contributed by atoms with Gasteiger partial charge in [-0.15, -0.1) is 0 Å². The van der Waals surface area contributed by atoms with Gasteiger partial charge < -0.3 is 0 Å². The maximum Gasteiger partial charge on any atom is -0.0337 e. The lowest BCUT2D eigenvalue weighted by molar-refractivity contribution is 0.120. The minimum Gasteiger partial charge on any atom is -0.0599 e. The maximum absolute atomic E-state index is 2.46. The molecule has 0 aromatic carbocycles. The van der Waals surface area contributed by atoms with Crippen LogP contribution in [0.4, 0.5) is 0 Å². The molecule has 15 heavy (non-hydrogen) atoms. The quantitative estimate of drug-likeness (QED) is 0.524. The van der Waals surface area contributed by atoms with Gasteiger partial charge in [0.15, 0.2) is 0 Å². The molecule has 2 aliphatic rings. The number of rotatable bonds is 0. The monoisotopic (exact) mass is 208 g/mol. The van der Waals surface area contributed by atoms with Crippen molar-refractivity contribution >= 4 is 0 Å². The van der Waals surface area contributed by atoms with Gasteiger partial charge in [0.25, 0.3) is 0 Å². The topological polar surface area (TPSA) is 0 Å². The number of fused-ring (bicyclic) bond motifs is 3. The normalized spacial score (nSPS) is 38.2. The van der Waals surface area contributed by atoms with Crippen LogP contribution in [0.1, 0.15) is 72.1 Å². The molecule has 3 atom stereocenters. The third-order valence-electron chi connectivity index (χ3n) is 4.94. The van der Waals surface area contributed by atoms with Crippen molar-refractivity contribution < 1.29 is 0 Å². The lowest BCUT2D eigenvalue weighted by Gasteiger charge is -2.38. The van der Waals surface area contributed by atoms with Crippen molar-refractivity contribution in [2.75, 3.05) is 0 Å². The zero-order chi connectivity index (χ0) is 10.9. The first-order valence-electron chi connectivity index (χ1n) is 7.07. The summed E-state index contributed by atoms with van der Waals surface area (Å²) >= 11 is 0. The molecule has 88 valence electrons. The van der Waals surface area contributed by atoms with E-state index in [2.05, 4.69) is 20.8 Å². The molecule has 2 fully saturated rings. The molecule has 2 aliphatic carbocycles. The Morgan fingerprint density at radius 2 is 1.40 bits per heavy atom. The van der Waals surface area contributed by atoms with E-state index in [1.165, 1.54) is 51.4 Å². The highest BCUT2D eigenvalue weighted by Crippen LogP contribution is 2.45. The van der Waals surface area contributed by atoms with Crippen LogP contribution in [0.5, 0.6) is 0 Å². The molecule has 0 N–H and O–H groups in total. The summed E-state index contributed by atoms with van der Waals surface area (Å²) < 4.78 is 0. The third-order valence-corrected chi connectivity index (χ3v) is 4.94. The molecule has 0 saturated heterocycles. The van der Waals surface area contributed by atoms with E-state index < -0.39 is 0 Å². The predicted molar refractivity (Wildman–Crippen MR) is 66.9 cm³/mol. The van der Waals surface area contributed by atoms with Gasteiger partial charge in [-0.05, 0) is 36.0 Å². The Kier molecular flexibility index (Phi) is 3.42. The molecule has 0 aromatic rings. The molecular weight excluding hydrogens is 180 g/mol. The summed E-state index contributed by atoms with van der Waals surface area (Å²) in [6.07, 6.45) is 12.2. The van der Waals surface area contributed by atoms with Crippen molar-refractivity contribution in [1.82, 2.24) is 0 Å². The standard InChI is InChI=1S/C15H28/c1-15(2,3)14-9-5-7-12-6-4-8-13(14)11-10-12/h12-14H,4-11H2,1-3H3. The van der Waals surface area contributed by atoms with E-state index in [0.717, 1.165) is 17.8 Å². The Morgan fingerprint density at radius 1 is 0.733 bits per heavy atom. The smallest absolute Gasteiger partial charge is 0.0337 e. The summed E-state index contributed by atoms with van der Waals surface area (Å²) in [5, 5.41) is 0. The zero-order valence-corrected chi connectivity index (χ0v) is 10.9. The molecule has 0 aromatic heterocycles. The van der Waals surface area contributed by atoms with Crippen molar-refractivity contribution in [2.24, 2.45) is 23.2 Å². The van der Waals surface area contributed by atoms with E-state index in [1.807, 2.05) is 0 Å². The van der Waals surface area contributed by atoms with Gasteiger partial charge >= 0.3 is 0 Å². The fourth-order valence-corrected chi connectivity index (χ4v) is 4.10. The molecule has 3 unspecified atom stereocenters. The average Bonchev–Trinajstić information content (AvgIpc) is 2.25. The minimum atomic E-state index is 0.543. The molecule has 0 heterocycles. The molecule has 0 aliphatic heterocycles. The van der Waals surface area contributed by atoms with E-state index in [-0.39, 0.29) is 0 Å². The van der Waals surface area contributed by atoms with Crippen LogP contribution in [0.15, 0.2) is 0 Å². The molecule has 0 heteroatoms. The second kappa shape index (κ2) is 4.47. The van der Waals surface area contributed by atoms with Crippen molar-refractivity contribution in [3.8, 4) is 0 Å². The Balaban J connectivity index is 2.10. The zero-order valence-electron chi connectivity index (χ0n) is 10.9. The molecular formula is C15H28. The summed E-state index contributed by atoms with van der Waals surface area (Å²) in [6, 6.07) is 0. The highest BCUT2D eigenvalue weighted by molar-refractivity contribution is 4.85. The van der Waals surface area contributed by atoms with Gasteiger partial charge in [-0.3, -0.25) is 0 Å². The van der Waals surface area contributed by atoms with E-state index in [4.69, 9.17) is 0 Å². The first-order chi connectivity index (χ1) is 7.07. The van der Waals surface area contributed by atoms with Crippen LogP contribution in [0, 0.1) is 23.2 Å². The fraction of sp³-hybridized carbons (Fsp3) is 1.00. The van der Waals surface area contributed by atoms with Crippen LogP contribution in [-0.4, -0.2) is 0 Å². The van der Waals surface area contributed by atoms with Crippen LogP contribution in [-0.2, 0) is 0 Å². The van der Waals surface area contributed by atoms with Gasteiger partial charge in [-0.2, -0.15) is 0 Å². The Labute approximate surface area is 95.8 Å². The summed E-state index contributed by atoms with van der Waals surface area (Å²) in [4.78, 5) is 0. The molecule has 0 spiro atoms. The lowest BCUT2D eigenvalue weighted by atomic mass is 9.67. The van der Waals surface area contributed by atoms with Crippen LogP contribution in [0.25, 0.3) is 0 Å². The molecule has 0 radical (unpaired) electrons. The van der Waals surface area contributed by atoms with Crippen molar-refractivity contribution in [3.05, 3.63) is 0 Å². The number of hydrogen-bond acceptors (Lipinski definition) is 0. The second-order valence-electron chi connectivity index (χ2n) is 7.04. The van der Waals surface area contributed by atoms with Crippen LogP contribution in [0.3, 0.4) is 0 Å². The summed E-state index contributed by atoms with van der Waals surface area (Å²) in [5.74, 6) is 3.14. The average molecular weight is 208 g/mol. The molecule has 0 amide bonds. The summed E-state index contributed by atoms with van der Waals surface area (Å²) in [6.45, 7) is 7.38. The molecule has 2 bridgehead atoms. The largest absolute Gasteiger partial charge is 0.0599 e. The summed E-state index contributed by atoms with van der Waals surface area (Å²) in [5.41, 5.74) is 0.543. The van der Waals surface area contributed by atoms with Crippen molar-refractivity contribution in [2.45, 2.75) is 72.1 Å². The molecule has 0 nitrogen and oxygen atoms in total. The highest BCUT2D eigenvalue weighted by Gasteiger charge is 2.34. The number of hydrogen-bond donors (Lipinski definition) is 0. The van der Waals surface area contributed by atoms with E-state index in [0.29, 0.717) is 5.41 Å². The Bertz CT molecular complexity index is 199. The van der Waals surface area contributed by atoms with E-state index >= 15 is 0 Å². The highest BCUT2D eigenvalue weighted by atomic mass is 14.4. The molecule has 2 saturated carbocycles. The maximum atomic E-state index is 2.46. The lowest BCUT2D eigenvalue weighted by Crippen LogP contribution is -2.29. The first-order valence-corrected chi connectivity index (χ1v) is 7.07. The summed E-state index contributed by atoms with van der Waals surface area (Å²) in [7, 11) is 0. The van der Waals surface area contributed by atoms with Crippen molar-refractivity contribution in [3.63, 3.8) is 0 Å². The van der Waals surface area contributed by atoms with Crippen LogP contribution >= 0.6 is 0 Å². The van der Waals surface area contributed by atoms with Gasteiger partial charge in [0, 0.05) is 0 Å². The van der Waals surface area contributed by atoms with Gasteiger partial charge in [0.2, 0.25) is 0 Å². The Morgan fingerprint density at radius 3 is 2.07 bits per heavy atom. The first kappa shape index (κ1) is 11.5. The SMILES string of the molecule is CC(C)(C)C1CCCC2CCCC1CC2. The molecule has 2 rings (SSSR count). The third kappa shape index (κ3) is 2.77. The van der Waals surface area contributed by atoms with Gasteiger partial charge in [0.05, 0.1) is 0 Å². The van der Waals surface area contributed by atoms with Crippen molar-refractivity contribution in [1.29, 1.82) is 0 Å². The van der Waals surface area contributed by atoms with E-state index in [1.54, 1.807) is 0 Å².